The van der Waals surface area contributed by atoms with Crippen LogP contribution in [0.3, 0.4) is 0 Å². The van der Waals surface area contributed by atoms with Gasteiger partial charge in [0.2, 0.25) is 5.91 Å². The Hall–Kier alpha value is -0.660. The number of carbonyl (C=O) groups excluding carboxylic acids is 1. The van der Waals surface area contributed by atoms with Crippen molar-refractivity contribution >= 4 is 16.0 Å². The van der Waals surface area contributed by atoms with Crippen molar-refractivity contribution in [1.29, 1.82) is 0 Å². The molecule has 0 saturated carbocycles. The van der Waals surface area contributed by atoms with Crippen LogP contribution in [0.1, 0.15) is 47.5 Å². The second-order valence-electron chi connectivity index (χ2n) is 5.96. The van der Waals surface area contributed by atoms with Crippen LogP contribution in [0, 0.1) is 0 Å². The number of ether oxygens (including phenoxy) is 1. The lowest BCUT2D eigenvalue weighted by Gasteiger charge is -2.29. The molecular weight excluding hydrogens is 270 g/mol. The van der Waals surface area contributed by atoms with Gasteiger partial charge >= 0.3 is 0 Å². The Morgan fingerprint density at radius 2 is 1.74 bits per heavy atom. The van der Waals surface area contributed by atoms with Crippen molar-refractivity contribution in [2.75, 3.05) is 12.4 Å². The smallest absolute Gasteiger partial charge is 0.264 e. The molecule has 0 aliphatic rings. The maximum atomic E-state index is 11.0. The number of hydrogen-bond donors (Lipinski definition) is 2. The highest BCUT2D eigenvalue weighted by atomic mass is 32.2. The van der Waals surface area contributed by atoms with Gasteiger partial charge in [0.1, 0.15) is 0 Å². The third kappa shape index (κ3) is 10.9. The molecule has 6 nitrogen and oxygen atoms in total. The van der Waals surface area contributed by atoms with Gasteiger partial charge in [-0.25, -0.2) is 0 Å². The average Bonchev–Trinajstić information content (AvgIpc) is 2.10. The third-order valence-corrected chi connectivity index (χ3v) is 3.42. The third-order valence-electron chi connectivity index (χ3n) is 2.70. The van der Waals surface area contributed by atoms with Crippen LogP contribution in [0.5, 0.6) is 0 Å². The van der Waals surface area contributed by atoms with Crippen LogP contribution in [0.4, 0.5) is 0 Å². The van der Waals surface area contributed by atoms with Gasteiger partial charge in [0.25, 0.3) is 10.1 Å². The van der Waals surface area contributed by atoms with E-state index in [1.54, 1.807) is 13.8 Å². The van der Waals surface area contributed by atoms with Gasteiger partial charge in [0.15, 0.2) is 0 Å². The van der Waals surface area contributed by atoms with E-state index in [1.807, 2.05) is 13.8 Å². The van der Waals surface area contributed by atoms with Crippen molar-refractivity contribution in [3.8, 4) is 0 Å². The highest BCUT2D eigenvalue weighted by molar-refractivity contribution is 7.85. The van der Waals surface area contributed by atoms with Crippen LogP contribution in [0.25, 0.3) is 0 Å². The summed E-state index contributed by atoms with van der Waals surface area (Å²) in [6.07, 6.45) is 0.828. The SMILES string of the molecule is CC(=O)NC(C)(C)CCOC(C)(C)CCS(=O)(=O)O. The van der Waals surface area contributed by atoms with Gasteiger partial charge in [0.05, 0.1) is 11.4 Å². The van der Waals surface area contributed by atoms with E-state index in [2.05, 4.69) is 5.32 Å². The molecule has 0 rings (SSSR count). The zero-order valence-corrected chi connectivity index (χ0v) is 13.1. The van der Waals surface area contributed by atoms with Gasteiger partial charge in [-0.3, -0.25) is 9.35 Å². The molecule has 0 spiro atoms. The summed E-state index contributed by atoms with van der Waals surface area (Å²) in [4.78, 5) is 11.0. The summed E-state index contributed by atoms with van der Waals surface area (Å²) >= 11 is 0. The first kappa shape index (κ1) is 18.3. The Bertz CT molecular complexity index is 400. The van der Waals surface area contributed by atoms with E-state index >= 15 is 0 Å². The second-order valence-corrected chi connectivity index (χ2v) is 7.53. The molecule has 0 saturated heterocycles. The Labute approximate surface area is 115 Å². The topological polar surface area (TPSA) is 92.7 Å². The largest absolute Gasteiger partial charge is 0.375 e. The number of hydrogen-bond acceptors (Lipinski definition) is 4. The first-order chi connectivity index (χ1) is 8.33. The van der Waals surface area contributed by atoms with Crippen molar-refractivity contribution in [3.63, 3.8) is 0 Å². The highest BCUT2D eigenvalue weighted by Crippen LogP contribution is 2.18. The molecule has 19 heavy (non-hydrogen) atoms. The molecule has 0 unspecified atom stereocenters. The lowest BCUT2D eigenvalue weighted by Crippen LogP contribution is -2.43. The van der Waals surface area contributed by atoms with Crippen LogP contribution in [-0.4, -0.2) is 42.4 Å². The Morgan fingerprint density at radius 1 is 1.21 bits per heavy atom. The van der Waals surface area contributed by atoms with Crippen LogP contribution in [-0.2, 0) is 19.6 Å². The molecule has 0 heterocycles. The van der Waals surface area contributed by atoms with Crippen molar-refractivity contribution in [2.24, 2.45) is 0 Å². The number of carbonyl (C=O) groups is 1. The molecule has 2 N–H and O–H groups in total. The standard InChI is InChI=1S/C12H25NO5S/c1-10(14)13-11(2,3)6-8-18-12(4,5)7-9-19(15,16)17/h6-9H2,1-5H3,(H,13,14)(H,15,16,17). The molecule has 7 heteroatoms. The summed E-state index contributed by atoms with van der Waals surface area (Å²) < 4.78 is 35.7. The highest BCUT2D eigenvalue weighted by Gasteiger charge is 2.24. The fraction of sp³-hybridized carbons (Fsp3) is 0.917. The van der Waals surface area contributed by atoms with Gasteiger partial charge in [0, 0.05) is 19.1 Å². The normalized spacial score (nSPS) is 13.4. The maximum Gasteiger partial charge on any atom is 0.264 e. The summed E-state index contributed by atoms with van der Waals surface area (Å²) in [6.45, 7) is 9.17. The first-order valence-corrected chi connectivity index (χ1v) is 7.82. The molecular formula is C12H25NO5S. The first-order valence-electron chi connectivity index (χ1n) is 6.21. The van der Waals surface area contributed by atoms with E-state index in [0.717, 1.165) is 0 Å². The lowest BCUT2D eigenvalue weighted by atomic mass is 10.0. The average molecular weight is 295 g/mol. The Balaban J connectivity index is 4.14. The number of nitrogens with one attached hydrogen (secondary N) is 1. The van der Waals surface area contributed by atoms with Gasteiger partial charge in [-0.05, 0) is 40.5 Å². The number of rotatable bonds is 8. The molecule has 0 bridgehead atoms. The summed E-state index contributed by atoms with van der Waals surface area (Å²) in [5.41, 5.74) is -1.01. The van der Waals surface area contributed by atoms with Crippen LogP contribution < -0.4 is 5.32 Å². The summed E-state index contributed by atoms with van der Waals surface area (Å²) in [5, 5.41) is 2.81. The summed E-state index contributed by atoms with van der Waals surface area (Å²) in [5.74, 6) is -0.426. The van der Waals surface area contributed by atoms with Gasteiger partial charge in [-0.1, -0.05) is 0 Å². The predicted molar refractivity (Wildman–Crippen MR) is 73.6 cm³/mol. The van der Waals surface area contributed by atoms with E-state index in [1.165, 1.54) is 6.92 Å². The molecule has 0 aromatic rings. The minimum absolute atomic E-state index is 0.101. The molecule has 0 radical (unpaired) electrons. The molecule has 0 atom stereocenters. The van der Waals surface area contributed by atoms with Gasteiger partial charge < -0.3 is 10.1 Å². The minimum Gasteiger partial charge on any atom is -0.375 e. The van der Waals surface area contributed by atoms with Crippen molar-refractivity contribution < 1.29 is 22.5 Å². The zero-order chi connectivity index (χ0) is 15.3. The Kier molecular flexibility index (Phi) is 6.44. The quantitative estimate of drug-likeness (QED) is 0.660. The number of amides is 1. The van der Waals surface area contributed by atoms with Crippen molar-refractivity contribution in [3.05, 3.63) is 0 Å². The molecule has 0 fully saturated rings. The lowest BCUT2D eigenvalue weighted by molar-refractivity contribution is -0.120. The maximum absolute atomic E-state index is 11.0. The Morgan fingerprint density at radius 3 is 2.16 bits per heavy atom. The van der Waals surface area contributed by atoms with Crippen LogP contribution >= 0.6 is 0 Å². The van der Waals surface area contributed by atoms with Gasteiger partial charge in [-0.2, -0.15) is 8.42 Å². The summed E-state index contributed by atoms with van der Waals surface area (Å²) in [6, 6.07) is 0. The van der Waals surface area contributed by atoms with Crippen molar-refractivity contribution in [2.45, 2.75) is 58.6 Å². The minimum atomic E-state index is -3.96. The molecule has 0 aromatic heterocycles. The van der Waals surface area contributed by atoms with E-state index in [-0.39, 0.29) is 23.6 Å². The molecule has 114 valence electrons. The van der Waals surface area contributed by atoms with Crippen LogP contribution in [0.15, 0.2) is 0 Å². The van der Waals surface area contributed by atoms with E-state index in [0.29, 0.717) is 13.0 Å². The second kappa shape index (κ2) is 6.67. The molecule has 0 aromatic carbocycles. The van der Waals surface area contributed by atoms with Crippen LogP contribution in [0.2, 0.25) is 0 Å². The monoisotopic (exact) mass is 295 g/mol. The van der Waals surface area contributed by atoms with Gasteiger partial charge in [-0.15, -0.1) is 0 Å². The fourth-order valence-corrected chi connectivity index (χ4v) is 2.32. The van der Waals surface area contributed by atoms with E-state index in [9.17, 15) is 13.2 Å². The fourth-order valence-electron chi connectivity index (χ4n) is 1.57. The zero-order valence-electron chi connectivity index (χ0n) is 12.3. The van der Waals surface area contributed by atoms with E-state index in [4.69, 9.17) is 9.29 Å². The van der Waals surface area contributed by atoms with E-state index < -0.39 is 15.7 Å². The van der Waals surface area contributed by atoms with Crippen molar-refractivity contribution in [1.82, 2.24) is 5.32 Å². The predicted octanol–water partition coefficient (Wildman–Crippen LogP) is 1.36. The molecule has 0 aliphatic heterocycles. The molecule has 1 amide bonds. The molecule has 0 aliphatic carbocycles. The summed E-state index contributed by atoms with van der Waals surface area (Å²) in [7, 11) is -3.96.